The third-order valence-electron chi connectivity index (χ3n) is 4.00. The Morgan fingerprint density at radius 3 is 2.33 bits per heavy atom. The van der Waals surface area contributed by atoms with Crippen LogP contribution in [0, 0.1) is 6.92 Å². The Kier molecular flexibility index (Phi) is 5.30. The minimum atomic E-state index is -0.693. The number of carbonyl (C=O) groups excluding carboxylic acids is 2. The molecule has 1 amide bonds. The van der Waals surface area contributed by atoms with Crippen LogP contribution in [0.2, 0.25) is 0 Å². The standard InChI is InChI=1S/C20H19NO6/c1-12-16-6-4-5-7-17(16)27-19(12)20(23)26-11-18(22)21-13-8-14(24-2)10-15(9-13)25-3/h4-10H,11H2,1-3H3,(H,21,22). The summed E-state index contributed by atoms with van der Waals surface area (Å²) in [6, 6.07) is 12.2. The van der Waals surface area contributed by atoms with Gasteiger partial charge in [-0.2, -0.15) is 0 Å². The predicted octanol–water partition coefficient (Wildman–Crippen LogP) is 3.55. The number of aryl methyl sites for hydroxylation is 1. The third-order valence-corrected chi connectivity index (χ3v) is 4.00. The number of fused-ring (bicyclic) bond motifs is 1. The zero-order chi connectivity index (χ0) is 19.4. The van der Waals surface area contributed by atoms with Gasteiger partial charge < -0.3 is 23.9 Å². The lowest BCUT2D eigenvalue weighted by Gasteiger charge is -2.10. The maximum atomic E-state index is 12.3. The van der Waals surface area contributed by atoms with Gasteiger partial charge in [0.1, 0.15) is 17.1 Å². The Balaban J connectivity index is 1.65. The number of hydrogen-bond acceptors (Lipinski definition) is 6. The van der Waals surface area contributed by atoms with E-state index in [0.717, 1.165) is 5.39 Å². The van der Waals surface area contributed by atoms with Crippen LogP contribution < -0.4 is 14.8 Å². The number of rotatable bonds is 6. The van der Waals surface area contributed by atoms with Crippen LogP contribution >= 0.6 is 0 Å². The Morgan fingerprint density at radius 2 is 1.70 bits per heavy atom. The molecule has 140 valence electrons. The average molecular weight is 369 g/mol. The molecule has 0 aliphatic heterocycles. The second kappa shape index (κ2) is 7.82. The number of carbonyl (C=O) groups is 2. The Labute approximate surface area is 155 Å². The highest BCUT2D eigenvalue weighted by Gasteiger charge is 2.20. The van der Waals surface area contributed by atoms with E-state index in [1.165, 1.54) is 14.2 Å². The van der Waals surface area contributed by atoms with Crippen molar-refractivity contribution in [2.24, 2.45) is 0 Å². The van der Waals surface area contributed by atoms with Gasteiger partial charge in [0.05, 0.1) is 14.2 Å². The van der Waals surface area contributed by atoms with Crippen LogP contribution in [-0.4, -0.2) is 32.7 Å². The van der Waals surface area contributed by atoms with Crippen molar-refractivity contribution in [2.45, 2.75) is 6.92 Å². The molecule has 1 heterocycles. The zero-order valence-corrected chi connectivity index (χ0v) is 15.2. The molecule has 7 heteroatoms. The fraction of sp³-hybridized carbons (Fsp3) is 0.200. The van der Waals surface area contributed by atoms with Gasteiger partial charge in [-0.05, 0) is 13.0 Å². The number of para-hydroxylation sites is 1. The summed E-state index contributed by atoms with van der Waals surface area (Å²) in [5.41, 5.74) is 1.73. The van der Waals surface area contributed by atoms with Gasteiger partial charge in [-0.1, -0.05) is 18.2 Å². The van der Waals surface area contributed by atoms with Crippen LogP contribution in [0.5, 0.6) is 11.5 Å². The van der Waals surface area contributed by atoms with E-state index >= 15 is 0 Å². The Bertz CT molecular complexity index is 969. The molecule has 0 unspecified atom stereocenters. The summed E-state index contributed by atoms with van der Waals surface area (Å²) >= 11 is 0. The molecule has 27 heavy (non-hydrogen) atoms. The van der Waals surface area contributed by atoms with E-state index in [9.17, 15) is 9.59 Å². The van der Waals surface area contributed by atoms with E-state index < -0.39 is 18.5 Å². The molecule has 0 fully saturated rings. The van der Waals surface area contributed by atoms with Gasteiger partial charge in [0, 0.05) is 34.8 Å². The molecule has 0 spiro atoms. The second-order valence-electron chi connectivity index (χ2n) is 5.78. The van der Waals surface area contributed by atoms with Gasteiger partial charge in [-0.15, -0.1) is 0 Å². The van der Waals surface area contributed by atoms with Crippen LogP contribution in [0.1, 0.15) is 16.1 Å². The van der Waals surface area contributed by atoms with Gasteiger partial charge in [0.2, 0.25) is 5.76 Å². The first kappa shape index (κ1) is 18.3. The van der Waals surface area contributed by atoms with Crippen molar-refractivity contribution in [3.8, 4) is 11.5 Å². The first-order chi connectivity index (χ1) is 13.0. The minimum absolute atomic E-state index is 0.0899. The maximum absolute atomic E-state index is 12.3. The van der Waals surface area contributed by atoms with Gasteiger partial charge in [-0.25, -0.2) is 4.79 Å². The largest absolute Gasteiger partial charge is 0.497 e. The van der Waals surface area contributed by atoms with Crippen molar-refractivity contribution in [3.05, 3.63) is 53.8 Å². The normalized spacial score (nSPS) is 10.5. The zero-order valence-electron chi connectivity index (χ0n) is 15.2. The number of ether oxygens (including phenoxy) is 3. The number of esters is 1. The van der Waals surface area contributed by atoms with E-state index in [1.807, 2.05) is 18.2 Å². The van der Waals surface area contributed by atoms with E-state index in [1.54, 1.807) is 31.2 Å². The van der Waals surface area contributed by atoms with Crippen molar-refractivity contribution in [3.63, 3.8) is 0 Å². The number of hydrogen-bond donors (Lipinski definition) is 1. The number of benzene rings is 2. The molecule has 3 aromatic rings. The smallest absolute Gasteiger partial charge is 0.375 e. The molecule has 0 saturated heterocycles. The first-order valence-electron chi connectivity index (χ1n) is 8.20. The molecule has 1 N–H and O–H groups in total. The van der Waals surface area contributed by atoms with Gasteiger partial charge in [0.15, 0.2) is 6.61 Å². The Morgan fingerprint density at radius 1 is 1.04 bits per heavy atom. The molecule has 0 saturated carbocycles. The number of methoxy groups -OCH3 is 2. The molecule has 0 aliphatic rings. The lowest BCUT2D eigenvalue weighted by atomic mass is 10.1. The quantitative estimate of drug-likeness (QED) is 0.669. The van der Waals surface area contributed by atoms with Gasteiger partial charge in [-0.3, -0.25) is 4.79 Å². The number of furan rings is 1. The third kappa shape index (κ3) is 4.03. The average Bonchev–Trinajstić information content (AvgIpc) is 3.02. The highest BCUT2D eigenvalue weighted by atomic mass is 16.5. The van der Waals surface area contributed by atoms with Gasteiger partial charge in [0.25, 0.3) is 5.91 Å². The summed E-state index contributed by atoms with van der Waals surface area (Å²) in [6.45, 7) is 1.32. The van der Waals surface area contributed by atoms with E-state index in [0.29, 0.717) is 28.3 Å². The molecular formula is C20H19NO6. The lowest BCUT2D eigenvalue weighted by Crippen LogP contribution is -2.21. The molecule has 3 rings (SSSR count). The highest BCUT2D eigenvalue weighted by Crippen LogP contribution is 2.26. The molecule has 7 nitrogen and oxygen atoms in total. The fourth-order valence-corrected chi connectivity index (χ4v) is 2.64. The molecular weight excluding hydrogens is 350 g/mol. The van der Waals surface area contributed by atoms with E-state index in [4.69, 9.17) is 18.6 Å². The van der Waals surface area contributed by atoms with Crippen LogP contribution in [-0.2, 0) is 9.53 Å². The SMILES string of the molecule is COc1cc(NC(=O)COC(=O)c2oc3ccccc3c2C)cc(OC)c1. The molecule has 1 aromatic heterocycles. The fourth-order valence-electron chi connectivity index (χ4n) is 2.64. The van der Waals surface area contributed by atoms with Crippen molar-refractivity contribution < 1.29 is 28.2 Å². The van der Waals surface area contributed by atoms with Gasteiger partial charge >= 0.3 is 5.97 Å². The number of amides is 1. The van der Waals surface area contributed by atoms with Crippen molar-refractivity contribution in [1.82, 2.24) is 0 Å². The topological polar surface area (TPSA) is 87.0 Å². The van der Waals surface area contributed by atoms with Crippen LogP contribution in [0.25, 0.3) is 11.0 Å². The second-order valence-corrected chi connectivity index (χ2v) is 5.78. The molecule has 0 aliphatic carbocycles. The summed E-state index contributed by atoms with van der Waals surface area (Å²) < 4.78 is 20.9. The monoisotopic (exact) mass is 369 g/mol. The molecule has 0 atom stereocenters. The number of anilines is 1. The molecule has 0 radical (unpaired) electrons. The molecule has 2 aromatic carbocycles. The first-order valence-corrected chi connectivity index (χ1v) is 8.20. The highest BCUT2D eigenvalue weighted by molar-refractivity contribution is 5.98. The summed E-state index contributed by atoms with van der Waals surface area (Å²) in [7, 11) is 3.02. The van der Waals surface area contributed by atoms with Crippen molar-refractivity contribution >= 4 is 28.5 Å². The summed E-state index contributed by atoms with van der Waals surface area (Å²) in [4.78, 5) is 24.4. The maximum Gasteiger partial charge on any atom is 0.375 e. The number of nitrogens with one attached hydrogen (secondary N) is 1. The Hall–Kier alpha value is -3.48. The summed E-state index contributed by atoms with van der Waals surface area (Å²) in [6.07, 6.45) is 0. The van der Waals surface area contributed by atoms with Crippen LogP contribution in [0.15, 0.2) is 46.9 Å². The van der Waals surface area contributed by atoms with Crippen LogP contribution in [0.4, 0.5) is 5.69 Å². The molecule has 0 bridgehead atoms. The minimum Gasteiger partial charge on any atom is -0.497 e. The van der Waals surface area contributed by atoms with Crippen molar-refractivity contribution in [2.75, 3.05) is 26.1 Å². The van der Waals surface area contributed by atoms with Crippen LogP contribution in [0.3, 0.4) is 0 Å². The van der Waals surface area contributed by atoms with E-state index in [2.05, 4.69) is 5.32 Å². The summed E-state index contributed by atoms with van der Waals surface area (Å²) in [5, 5.41) is 3.46. The lowest BCUT2D eigenvalue weighted by molar-refractivity contribution is -0.119. The van der Waals surface area contributed by atoms with Crippen molar-refractivity contribution in [1.29, 1.82) is 0 Å². The summed E-state index contributed by atoms with van der Waals surface area (Å²) in [5.74, 6) is -0.0411. The predicted molar refractivity (Wildman–Crippen MR) is 99.4 cm³/mol. The van der Waals surface area contributed by atoms with E-state index in [-0.39, 0.29) is 5.76 Å².